The molecule has 0 aromatic carbocycles. The minimum Gasteiger partial charge on any atom is -0.387 e. The van der Waals surface area contributed by atoms with Gasteiger partial charge in [0, 0.05) is 17.1 Å². The fourth-order valence-corrected chi connectivity index (χ4v) is 1.33. The zero-order valence-electron chi connectivity index (χ0n) is 6.59. The molecule has 1 aromatic heterocycles. The Bertz CT molecular complexity index is 280. The molecule has 0 amide bonds. The molecule has 0 aliphatic heterocycles. The van der Waals surface area contributed by atoms with Crippen molar-refractivity contribution >= 4 is 27.5 Å². The predicted molar refractivity (Wildman–Crippen MR) is 52.7 cm³/mol. The number of aliphatic hydroxyl groups is 1. The standard InChI is InChI=1S/C8H9BrClNO/c1-5-2-6(7(12)3-9)4-11-8(5)10/h2,4,7,12H,3H2,1H3. The maximum absolute atomic E-state index is 9.41. The Balaban J connectivity index is 2.96. The monoisotopic (exact) mass is 249 g/mol. The normalized spacial score (nSPS) is 13.0. The van der Waals surface area contributed by atoms with Gasteiger partial charge in [-0.3, -0.25) is 0 Å². The molecule has 4 heteroatoms. The second kappa shape index (κ2) is 4.21. The van der Waals surface area contributed by atoms with E-state index in [0.29, 0.717) is 10.5 Å². The molecule has 1 rings (SSSR count). The van der Waals surface area contributed by atoms with Crippen LogP contribution in [-0.2, 0) is 0 Å². The predicted octanol–water partition coefficient (Wildman–Crippen LogP) is 2.47. The van der Waals surface area contributed by atoms with E-state index in [1.807, 2.05) is 13.0 Å². The fourth-order valence-electron chi connectivity index (χ4n) is 0.851. The van der Waals surface area contributed by atoms with Gasteiger partial charge in [0.2, 0.25) is 0 Å². The molecule has 0 fully saturated rings. The van der Waals surface area contributed by atoms with E-state index < -0.39 is 6.10 Å². The highest BCUT2D eigenvalue weighted by Crippen LogP contribution is 2.19. The number of pyridine rings is 1. The van der Waals surface area contributed by atoms with Crippen LogP contribution in [0.3, 0.4) is 0 Å². The van der Waals surface area contributed by atoms with E-state index in [4.69, 9.17) is 11.6 Å². The highest BCUT2D eigenvalue weighted by Gasteiger charge is 2.07. The number of rotatable bonds is 2. The number of alkyl halides is 1. The van der Waals surface area contributed by atoms with Crippen LogP contribution in [0, 0.1) is 6.92 Å². The highest BCUT2D eigenvalue weighted by molar-refractivity contribution is 9.09. The Morgan fingerprint density at radius 2 is 2.42 bits per heavy atom. The van der Waals surface area contributed by atoms with Crippen LogP contribution >= 0.6 is 27.5 Å². The zero-order valence-corrected chi connectivity index (χ0v) is 8.93. The summed E-state index contributed by atoms with van der Waals surface area (Å²) in [5.41, 5.74) is 1.67. The van der Waals surface area contributed by atoms with E-state index in [0.717, 1.165) is 11.1 Å². The lowest BCUT2D eigenvalue weighted by molar-refractivity contribution is 0.205. The van der Waals surface area contributed by atoms with Crippen molar-refractivity contribution in [1.29, 1.82) is 0 Å². The van der Waals surface area contributed by atoms with Gasteiger partial charge in [-0.1, -0.05) is 27.5 Å². The van der Waals surface area contributed by atoms with E-state index in [2.05, 4.69) is 20.9 Å². The first-order valence-corrected chi connectivity index (χ1v) is 5.01. The molecule has 0 saturated heterocycles. The number of aliphatic hydroxyl groups excluding tert-OH is 1. The van der Waals surface area contributed by atoms with Crippen LogP contribution in [0.2, 0.25) is 5.15 Å². The van der Waals surface area contributed by atoms with Crippen molar-refractivity contribution in [1.82, 2.24) is 4.98 Å². The van der Waals surface area contributed by atoms with Crippen LogP contribution < -0.4 is 0 Å². The van der Waals surface area contributed by atoms with Gasteiger partial charge in [-0.2, -0.15) is 0 Å². The van der Waals surface area contributed by atoms with Crippen LogP contribution in [0.1, 0.15) is 17.2 Å². The van der Waals surface area contributed by atoms with E-state index >= 15 is 0 Å². The van der Waals surface area contributed by atoms with Gasteiger partial charge in [-0.15, -0.1) is 0 Å². The third kappa shape index (κ3) is 2.19. The number of hydrogen-bond donors (Lipinski definition) is 1. The highest BCUT2D eigenvalue weighted by atomic mass is 79.9. The van der Waals surface area contributed by atoms with Crippen LogP contribution in [-0.4, -0.2) is 15.4 Å². The molecule has 1 atom stereocenters. The minimum absolute atomic E-state index is 0.487. The van der Waals surface area contributed by atoms with Crippen molar-refractivity contribution in [2.75, 3.05) is 5.33 Å². The molecule has 0 aliphatic carbocycles. The molecule has 0 radical (unpaired) electrons. The number of aryl methyl sites for hydroxylation is 1. The Morgan fingerprint density at radius 1 is 1.75 bits per heavy atom. The van der Waals surface area contributed by atoms with E-state index in [1.54, 1.807) is 6.20 Å². The van der Waals surface area contributed by atoms with E-state index in [9.17, 15) is 5.11 Å². The second-order valence-electron chi connectivity index (χ2n) is 2.55. The molecule has 12 heavy (non-hydrogen) atoms. The molecular weight excluding hydrogens is 241 g/mol. The molecule has 1 heterocycles. The van der Waals surface area contributed by atoms with Crippen LogP contribution in [0.15, 0.2) is 12.3 Å². The Hall–Kier alpha value is -0.120. The van der Waals surface area contributed by atoms with Gasteiger partial charge in [0.05, 0.1) is 6.10 Å². The third-order valence-corrected chi connectivity index (χ3v) is 2.58. The SMILES string of the molecule is Cc1cc(C(O)CBr)cnc1Cl. The molecule has 0 spiro atoms. The first kappa shape index (κ1) is 9.96. The molecule has 66 valence electrons. The van der Waals surface area contributed by atoms with Gasteiger partial charge in [0.15, 0.2) is 0 Å². The van der Waals surface area contributed by atoms with Crippen LogP contribution in [0.5, 0.6) is 0 Å². The maximum atomic E-state index is 9.41. The number of hydrogen-bond acceptors (Lipinski definition) is 2. The summed E-state index contributed by atoms with van der Waals surface area (Å²) in [7, 11) is 0. The fraction of sp³-hybridized carbons (Fsp3) is 0.375. The zero-order chi connectivity index (χ0) is 9.14. The number of nitrogens with zero attached hydrogens (tertiary/aromatic N) is 1. The third-order valence-electron chi connectivity index (χ3n) is 1.57. The largest absolute Gasteiger partial charge is 0.387 e. The smallest absolute Gasteiger partial charge is 0.131 e. The van der Waals surface area contributed by atoms with E-state index in [-0.39, 0.29) is 0 Å². The molecule has 0 aliphatic rings. The molecule has 1 unspecified atom stereocenters. The molecule has 1 N–H and O–H groups in total. The van der Waals surface area contributed by atoms with Gasteiger partial charge in [-0.25, -0.2) is 4.98 Å². The van der Waals surface area contributed by atoms with Crippen molar-refractivity contribution < 1.29 is 5.11 Å². The number of halogens is 2. The Labute approximate surface area is 84.7 Å². The summed E-state index contributed by atoms with van der Waals surface area (Å²) in [5.74, 6) is 0. The van der Waals surface area contributed by atoms with Crippen molar-refractivity contribution in [2.45, 2.75) is 13.0 Å². The van der Waals surface area contributed by atoms with E-state index in [1.165, 1.54) is 0 Å². The summed E-state index contributed by atoms with van der Waals surface area (Å²) in [5, 5.41) is 10.4. The Morgan fingerprint density at radius 3 is 2.92 bits per heavy atom. The summed E-state index contributed by atoms with van der Waals surface area (Å²) < 4.78 is 0. The molecule has 0 bridgehead atoms. The lowest BCUT2D eigenvalue weighted by Gasteiger charge is -2.07. The van der Waals surface area contributed by atoms with Gasteiger partial charge in [0.25, 0.3) is 0 Å². The maximum Gasteiger partial charge on any atom is 0.131 e. The van der Waals surface area contributed by atoms with Crippen molar-refractivity contribution in [3.8, 4) is 0 Å². The average molecular weight is 251 g/mol. The van der Waals surface area contributed by atoms with Gasteiger partial charge in [0.1, 0.15) is 5.15 Å². The molecule has 0 saturated carbocycles. The summed E-state index contributed by atoms with van der Waals surface area (Å²) in [6, 6.07) is 1.83. The minimum atomic E-state index is -0.506. The quantitative estimate of drug-likeness (QED) is 0.646. The van der Waals surface area contributed by atoms with Crippen LogP contribution in [0.25, 0.3) is 0 Å². The lowest BCUT2D eigenvalue weighted by atomic mass is 10.1. The first-order valence-electron chi connectivity index (χ1n) is 3.51. The summed E-state index contributed by atoms with van der Waals surface area (Å²) in [6.07, 6.45) is 1.08. The Kier molecular flexibility index (Phi) is 3.50. The van der Waals surface area contributed by atoms with Crippen molar-refractivity contribution in [3.05, 3.63) is 28.5 Å². The summed E-state index contributed by atoms with van der Waals surface area (Å²) in [6.45, 7) is 1.86. The van der Waals surface area contributed by atoms with Gasteiger partial charge in [-0.05, 0) is 18.6 Å². The second-order valence-corrected chi connectivity index (χ2v) is 3.55. The van der Waals surface area contributed by atoms with Crippen LogP contribution in [0.4, 0.5) is 0 Å². The van der Waals surface area contributed by atoms with Crippen molar-refractivity contribution in [3.63, 3.8) is 0 Å². The molecule has 1 aromatic rings. The number of aromatic nitrogens is 1. The summed E-state index contributed by atoms with van der Waals surface area (Å²) >= 11 is 8.91. The lowest BCUT2D eigenvalue weighted by Crippen LogP contribution is -1.99. The first-order chi connectivity index (χ1) is 5.65. The topological polar surface area (TPSA) is 33.1 Å². The van der Waals surface area contributed by atoms with Gasteiger partial charge < -0.3 is 5.11 Å². The average Bonchev–Trinajstić information content (AvgIpc) is 2.08. The van der Waals surface area contributed by atoms with Gasteiger partial charge >= 0.3 is 0 Å². The molecular formula is C8H9BrClNO. The molecule has 2 nitrogen and oxygen atoms in total. The van der Waals surface area contributed by atoms with Crippen molar-refractivity contribution in [2.24, 2.45) is 0 Å². The summed E-state index contributed by atoms with van der Waals surface area (Å²) in [4.78, 5) is 3.93.